The third-order valence-corrected chi connectivity index (χ3v) is 6.35. The largest absolute Gasteiger partial charge is 0.494 e. The van der Waals surface area contributed by atoms with Crippen LogP contribution in [0.4, 0.5) is 4.79 Å². The predicted octanol–water partition coefficient (Wildman–Crippen LogP) is 2.64. The van der Waals surface area contributed by atoms with E-state index in [9.17, 15) is 9.59 Å². The Balaban J connectivity index is 1.60. The van der Waals surface area contributed by atoms with Crippen LogP contribution in [0.25, 0.3) is 0 Å². The predicted molar refractivity (Wildman–Crippen MR) is 116 cm³/mol. The van der Waals surface area contributed by atoms with Crippen molar-refractivity contribution in [3.05, 3.63) is 29.8 Å². The van der Waals surface area contributed by atoms with Gasteiger partial charge in [0.1, 0.15) is 5.75 Å². The van der Waals surface area contributed by atoms with Crippen molar-refractivity contribution in [2.24, 2.45) is 5.92 Å². The normalized spacial score (nSPS) is 19.2. The van der Waals surface area contributed by atoms with Crippen molar-refractivity contribution in [3.8, 4) is 5.75 Å². The molecular formula is C23H35N3O4. The average molecular weight is 418 g/mol. The van der Waals surface area contributed by atoms with Crippen LogP contribution in [0.5, 0.6) is 5.75 Å². The average Bonchev–Trinajstić information content (AvgIpc) is 2.78. The zero-order valence-electron chi connectivity index (χ0n) is 18.5. The molecule has 0 spiro atoms. The zero-order chi connectivity index (χ0) is 21.6. The van der Waals surface area contributed by atoms with Gasteiger partial charge in [-0.15, -0.1) is 0 Å². The van der Waals surface area contributed by atoms with Gasteiger partial charge >= 0.3 is 6.03 Å². The van der Waals surface area contributed by atoms with Crippen molar-refractivity contribution >= 4 is 11.9 Å². The van der Waals surface area contributed by atoms with Crippen LogP contribution in [-0.4, -0.2) is 75.3 Å². The lowest BCUT2D eigenvalue weighted by molar-refractivity contribution is -0.126. The maximum atomic E-state index is 12.9. The van der Waals surface area contributed by atoms with Crippen molar-refractivity contribution in [2.75, 3.05) is 53.6 Å². The van der Waals surface area contributed by atoms with Crippen LogP contribution in [0.15, 0.2) is 24.3 Å². The van der Waals surface area contributed by atoms with Gasteiger partial charge < -0.3 is 24.6 Å². The molecule has 3 amide bonds. The molecule has 0 saturated carbocycles. The van der Waals surface area contributed by atoms with Crippen molar-refractivity contribution < 1.29 is 19.1 Å². The molecule has 30 heavy (non-hydrogen) atoms. The number of rotatable bonds is 6. The Morgan fingerprint density at radius 3 is 2.37 bits per heavy atom. The molecule has 2 fully saturated rings. The van der Waals surface area contributed by atoms with E-state index in [0.29, 0.717) is 52.3 Å². The Labute approximate surface area is 179 Å². The highest BCUT2D eigenvalue weighted by molar-refractivity contribution is 5.79. The number of nitrogens with zero attached hydrogens (tertiary/aromatic N) is 2. The summed E-state index contributed by atoms with van der Waals surface area (Å²) in [5.74, 6) is 0.934. The highest BCUT2D eigenvalue weighted by atomic mass is 16.5. The van der Waals surface area contributed by atoms with Crippen molar-refractivity contribution in [1.29, 1.82) is 0 Å². The summed E-state index contributed by atoms with van der Waals surface area (Å²) < 4.78 is 11.2. The molecule has 0 aliphatic carbocycles. The molecular weight excluding hydrogens is 382 g/mol. The van der Waals surface area contributed by atoms with Gasteiger partial charge in [-0.05, 0) is 50.3 Å². The number of ether oxygens (including phenoxy) is 2. The van der Waals surface area contributed by atoms with Gasteiger partial charge in [0.05, 0.1) is 6.61 Å². The highest BCUT2D eigenvalue weighted by Gasteiger charge is 2.36. The minimum Gasteiger partial charge on any atom is -0.494 e. The van der Waals surface area contributed by atoms with Crippen molar-refractivity contribution in [3.63, 3.8) is 0 Å². The molecule has 2 aliphatic heterocycles. The smallest absolute Gasteiger partial charge is 0.319 e. The van der Waals surface area contributed by atoms with E-state index in [1.807, 2.05) is 24.0 Å². The molecule has 2 heterocycles. The maximum absolute atomic E-state index is 12.9. The first-order valence-electron chi connectivity index (χ1n) is 11.0. The summed E-state index contributed by atoms with van der Waals surface area (Å²) in [7, 11) is 3.52. The fraction of sp³-hybridized carbons (Fsp3) is 0.652. The molecule has 166 valence electrons. The maximum Gasteiger partial charge on any atom is 0.319 e. The van der Waals surface area contributed by atoms with E-state index in [1.54, 1.807) is 19.0 Å². The second kappa shape index (κ2) is 10.2. The summed E-state index contributed by atoms with van der Waals surface area (Å²) in [6, 6.07) is 8.28. The van der Waals surface area contributed by atoms with E-state index in [1.165, 1.54) is 5.56 Å². The van der Waals surface area contributed by atoms with Crippen LogP contribution in [0.3, 0.4) is 0 Å². The fourth-order valence-corrected chi connectivity index (χ4v) is 4.42. The summed E-state index contributed by atoms with van der Waals surface area (Å²) in [5, 5.41) is 3.23. The highest BCUT2D eigenvalue weighted by Crippen LogP contribution is 2.35. The quantitative estimate of drug-likeness (QED) is 0.773. The molecule has 0 aromatic heterocycles. The molecule has 3 rings (SSSR count). The van der Waals surface area contributed by atoms with Gasteiger partial charge in [0.2, 0.25) is 5.91 Å². The number of piperidine rings is 1. The van der Waals surface area contributed by atoms with Crippen LogP contribution in [0, 0.1) is 5.92 Å². The first-order chi connectivity index (χ1) is 14.4. The molecule has 2 aliphatic rings. The molecule has 0 atom stereocenters. The lowest BCUT2D eigenvalue weighted by atomic mass is 9.74. The number of hydrogen-bond acceptors (Lipinski definition) is 4. The lowest BCUT2D eigenvalue weighted by Gasteiger charge is -2.39. The number of urea groups is 1. The Kier molecular flexibility index (Phi) is 7.58. The van der Waals surface area contributed by atoms with Crippen LogP contribution in [0.2, 0.25) is 0 Å². The summed E-state index contributed by atoms with van der Waals surface area (Å²) in [6.45, 7) is 5.90. The van der Waals surface area contributed by atoms with Gasteiger partial charge in [-0.3, -0.25) is 4.79 Å². The van der Waals surface area contributed by atoms with E-state index in [-0.39, 0.29) is 23.3 Å². The Morgan fingerprint density at radius 1 is 1.17 bits per heavy atom. The van der Waals surface area contributed by atoms with Crippen LogP contribution in [-0.2, 0) is 14.9 Å². The summed E-state index contributed by atoms with van der Waals surface area (Å²) in [4.78, 5) is 28.4. The third kappa shape index (κ3) is 5.25. The molecule has 2 saturated heterocycles. The molecule has 1 aromatic rings. The Hall–Kier alpha value is -2.28. The van der Waals surface area contributed by atoms with E-state index in [2.05, 4.69) is 17.4 Å². The van der Waals surface area contributed by atoms with Crippen LogP contribution < -0.4 is 10.1 Å². The first-order valence-corrected chi connectivity index (χ1v) is 11.0. The lowest BCUT2D eigenvalue weighted by Crippen LogP contribution is -2.49. The summed E-state index contributed by atoms with van der Waals surface area (Å²) in [5.41, 5.74) is 1.11. The van der Waals surface area contributed by atoms with Crippen LogP contribution in [0.1, 0.15) is 38.2 Å². The van der Waals surface area contributed by atoms with Crippen molar-refractivity contribution in [2.45, 2.75) is 38.0 Å². The monoisotopic (exact) mass is 417 g/mol. The number of likely N-dealkylation sites (tertiary alicyclic amines) is 1. The first kappa shape index (κ1) is 22.4. The van der Waals surface area contributed by atoms with Gasteiger partial charge in [-0.1, -0.05) is 12.1 Å². The zero-order valence-corrected chi connectivity index (χ0v) is 18.5. The van der Waals surface area contributed by atoms with E-state index in [4.69, 9.17) is 9.47 Å². The molecule has 0 bridgehead atoms. The molecule has 7 nitrogen and oxygen atoms in total. The van der Waals surface area contributed by atoms with Crippen LogP contribution >= 0.6 is 0 Å². The minimum atomic E-state index is -0.111. The van der Waals surface area contributed by atoms with Gasteiger partial charge in [0, 0.05) is 58.3 Å². The van der Waals surface area contributed by atoms with Gasteiger partial charge in [0.15, 0.2) is 0 Å². The molecule has 0 radical (unpaired) electrons. The number of benzene rings is 1. The molecule has 1 aromatic carbocycles. The summed E-state index contributed by atoms with van der Waals surface area (Å²) in [6.07, 6.45) is 3.20. The number of nitrogens with one attached hydrogen (secondary N) is 1. The Bertz CT molecular complexity index is 706. The number of hydrogen-bond donors (Lipinski definition) is 1. The third-order valence-electron chi connectivity index (χ3n) is 6.35. The van der Waals surface area contributed by atoms with Gasteiger partial charge in [0.25, 0.3) is 0 Å². The van der Waals surface area contributed by atoms with Crippen molar-refractivity contribution in [1.82, 2.24) is 15.1 Å². The van der Waals surface area contributed by atoms with Gasteiger partial charge in [-0.2, -0.15) is 0 Å². The SMILES string of the molecule is CCOc1ccc(C2(CNC(=O)C3CCN(C(=O)N(C)C)CC3)CCOCC2)cc1. The standard InChI is InChI=1S/C23H35N3O4/c1-4-30-20-7-5-19(6-8-20)23(11-15-29-16-12-23)17-24-21(27)18-9-13-26(14-10-18)22(28)25(2)3/h5-8,18H,4,9-17H2,1-3H3,(H,24,27). The molecule has 7 heteroatoms. The molecule has 1 N–H and O–H groups in total. The number of amides is 3. The number of carbonyl (C=O) groups excluding carboxylic acids is 2. The second-order valence-electron chi connectivity index (χ2n) is 8.51. The van der Waals surface area contributed by atoms with E-state index in [0.717, 1.165) is 18.6 Å². The fourth-order valence-electron chi connectivity index (χ4n) is 4.42. The Morgan fingerprint density at radius 2 is 1.80 bits per heavy atom. The number of carbonyl (C=O) groups is 2. The molecule has 0 unspecified atom stereocenters. The van der Waals surface area contributed by atoms with E-state index >= 15 is 0 Å². The topological polar surface area (TPSA) is 71.1 Å². The second-order valence-corrected chi connectivity index (χ2v) is 8.51. The summed E-state index contributed by atoms with van der Waals surface area (Å²) >= 11 is 0. The van der Waals surface area contributed by atoms with Gasteiger partial charge in [-0.25, -0.2) is 4.79 Å². The minimum absolute atomic E-state index is 0.0190. The van der Waals surface area contributed by atoms with E-state index < -0.39 is 0 Å².